The Kier molecular flexibility index (Phi) is 4.18. The summed E-state index contributed by atoms with van der Waals surface area (Å²) in [6.45, 7) is 2.31. The molecule has 1 aliphatic heterocycles. The van der Waals surface area contributed by atoms with Crippen molar-refractivity contribution in [1.29, 1.82) is 0 Å². The van der Waals surface area contributed by atoms with Crippen LogP contribution in [-0.2, 0) is 13.5 Å². The molecule has 3 atom stereocenters. The molecule has 19 heavy (non-hydrogen) atoms. The Morgan fingerprint density at radius 2 is 2.32 bits per heavy atom. The van der Waals surface area contributed by atoms with Gasteiger partial charge in [-0.3, -0.25) is 4.68 Å². The van der Waals surface area contributed by atoms with E-state index in [4.69, 9.17) is 0 Å². The summed E-state index contributed by atoms with van der Waals surface area (Å²) in [5, 5.41) is 11.7. The number of hydrogen-bond acceptors (Lipinski definition) is 3. The average Bonchev–Trinajstić information content (AvgIpc) is 3.09. The van der Waals surface area contributed by atoms with Crippen molar-refractivity contribution in [2.24, 2.45) is 13.0 Å². The summed E-state index contributed by atoms with van der Waals surface area (Å²) in [7, 11) is 1.98. The molecule has 0 amide bonds. The van der Waals surface area contributed by atoms with E-state index < -0.39 is 0 Å². The van der Waals surface area contributed by atoms with E-state index in [0.717, 1.165) is 31.0 Å². The standard InChI is InChI=1S/C15H26N4/c1-19-11-12(10-18-19)7-9-17-14-5-2-4-13(14)15-6-3-8-16-15/h10-11,13-17H,2-9H2,1H3. The first-order chi connectivity index (χ1) is 9.33. The molecule has 2 heterocycles. The number of nitrogens with one attached hydrogen (secondary N) is 2. The molecule has 3 rings (SSSR count). The fraction of sp³-hybridized carbons (Fsp3) is 0.800. The van der Waals surface area contributed by atoms with E-state index in [1.165, 1.54) is 44.2 Å². The molecule has 1 saturated heterocycles. The van der Waals surface area contributed by atoms with Crippen molar-refractivity contribution in [2.75, 3.05) is 13.1 Å². The molecule has 0 spiro atoms. The van der Waals surface area contributed by atoms with Crippen molar-refractivity contribution in [3.05, 3.63) is 18.0 Å². The van der Waals surface area contributed by atoms with E-state index >= 15 is 0 Å². The van der Waals surface area contributed by atoms with Crippen molar-refractivity contribution >= 4 is 0 Å². The predicted octanol–water partition coefficient (Wildman–Crippen LogP) is 1.47. The van der Waals surface area contributed by atoms with Gasteiger partial charge in [0.05, 0.1) is 6.20 Å². The van der Waals surface area contributed by atoms with Crippen LogP contribution < -0.4 is 10.6 Å². The summed E-state index contributed by atoms with van der Waals surface area (Å²) in [5.41, 5.74) is 1.34. The Bertz CT molecular complexity index is 395. The lowest BCUT2D eigenvalue weighted by Gasteiger charge is -2.26. The molecule has 2 aliphatic rings. The van der Waals surface area contributed by atoms with Gasteiger partial charge >= 0.3 is 0 Å². The average molecular weight is 262 g/mol. The predicted molar refractivity (Wildman–Crippen MR) is 77.1 cm³/mol. The largest absolute Gasteiger partial charge is 0.314 e. The highest BCUT2D eigenvalue weighted by Crippen LogP contribution is 2.31. The summed E-state index contributed by atoms with van der Waals surface area (Å²) in [5.74, 6) is 0.858. The second kappa shape index (κ2) is 6.06. The molecular weight excluding hydrogens is 236 g/mol. The Hall–Kier alpha value is -0.870. The first-order valence-corrected chi connectivity index (χ1v) is 7.77. The summed E-state index contributed by atoms with van der Waals surface area (Å²) in [6, 6.07) is 1.51. The zero-order chi connectivity index (χ0) is 13.1. The number of aromatic nitrogens is 2. The van der Waals surface area contributed by atoms with Crippen LogP contribution in [0, 0.1) is 5.92 Å². The summed E-state index contributed by atoms with van der Waals surface area (Å²) >= 11 is 0. The van der Waals surface area contributed by atoms with Crippen LogP contribution in [0.4, 0.5) is 0 Å². The minimum Gasteiger partial charge on any atom is -0.314 e. The zero-order valence-corrected chi connectivity index (χ0v) is 11.9. The highest BCUT2D eigenvalue weighted by Gasteiger charge is 2.34. The van der Waals surface area contributed by atoms with Crippen LogP contribution in [-0.4, -0.2) is 35.0 Å². The van der Waals surface area contributed by atoms with Gasteiger partial charge in [0, 0.05) is 25.3 Å². The molecule has 4 nitrogen and oxygen atoms in total. The topological polar surface area (TPSA) is 41.9 Å². The fourth-order valence-electron chi connectivity index (χ4n) is 3.80. The molecule has 2 fully saturated rings. The smallest absolute Gasteiger partial charge is 0.0522 e. The third-order valence-corrected chi connectivity index (χ3v) is 4.76. The van der Waals surface area contributed by atoms with Crippen molar-refractivity contribution in [3.8, 4) is 0 Å². The van der Waals surface area contributed by atoms with Crippen LogP contribution >= 0.6 is 0 Å². The maximum atomic E-state index is 4.22. The molecular formula is C15H26N4. The Balaban J connectivity index is 1.46. The molecule has 4 heteroatoms. The number of aryl methyl sites for hydroxylation is 1. The highest BCUT2D eigenvalue weighted by molar-refractivity contribution is 5.04. The second-order valence-corrected chi connectivity index (χ2v) is 6.13. The lowest BCUT2D eigenvalue weighted by molar-refractivity contribution is 0.322. The quantitative estimate of drug-likeness (QED) is 0.844. The summed E-state index contributed by atoms with van der Waals surface area (Å²) in [6.07, 6.45) is 12.1. The van der Waals surface area contributed by atoms with Crippen LogP contribution in [0.25, 0.3) is 0 Å². The van der Waals surface area contributed by atoms with E-state index in [-0.39, 0.29) is 0 Å². The van der Waals surface area contributed by atoms with Gasteiger partial charge in [0.25, 0.3) is 0 Å². The number of hydrogen-bond donors (Lipinski definition) is 2. The van der Waals surface area contributed by atoms with Gasteiger partial charge in [0.15, 0.2) is 0 Å². The molecule has 1 saturated carbocycles. The molecule has 1 aromatic heterocycles. The molecule has 0 aromatic carbocycles. The van der Waals surface area contributed by atoms with Crippen LogP contribution in [0.2, 0.25) is 0 Å². The molecule has 1 aliphatic carbocycles. The maximum absolute atomic E-state index is 4.22. The van der Waals surface area contributed by atoms with Gasteiger partial charge in [0.1, 0.15) is 0 Å². The van der Waals surface area contributed by atoms with Crippen LogP contribution in [0.5, 0.6) is 0 Å². The van der Waals surface area contributed by atoms with Crippen LogP contribution in [0.1, 0.15) is 37.7 Å². The summed E-state index contributed by atoms with van der Waals surface area (Å²) < 4.78 is 1.89. The number of nitrogens with zero attached hydrogens (tertiary/aromatic N) is 2. The zero-order valence-electron chi connectivity index (χ0n) is 11.9. The lowest BCUT2D eigenvalue weighted by atomic mass is 9.93. The van der Waals surface area contributed by atoms with Crippen molar-refractivity contribution in [2.45, 2.75) is 50.6 Å². The van der Waals surface area contributed by atoms with E-state index in [1.54, 1.807) is 0 Å². The van der Waals surface area contributed by atoms with E-state index in [2.05, 4.69) is 21.9 Å². The molecule has 3 unspecified atom stereocenters. The van der Waals surface area contributed by atoms with Gasteiger partial charge in [-0.2, -0.15) is 5.10 Å². The molecule has 0 bridgehead atoms. The normalized spacial score (nSPS) is 31.1. The van der Waals surface area contributed by atoms with E-state index in [1.807, 2.05) is 17.9 Å². The number of rotatable bonds is 5. The van der Waals surface area contributed by atoms with Crippen molar-refractivity contribution in [1.82, 2.24) is 20.4 Å². The fourth-order valence-corrected chi connectivity index (χ4v) is 3.80. The first-order valence-electron chi connectivity index (χ1n) is 7.77. The molecule has 106 valence electrons. The van der Waals surface area contributed by atoms with Gasteiger partial charge in [-0.15, -0.1) is 0 Å². The molecule has 2 N–H and O–H groups in total. The van der Waals surface area contributed by atoms with Gasteiger partial charge in [-0.05, 0) is 56.7 Å². The lowest BCUT2D eigenvalue weighted by Crippen LogP contribution is -2.42. The molecule has 0 radical (unpaired) electrons. The van der Waals surface area contributed by atoms with E-state index in [0.29, 0.717) is 0 Å². The minimum atomic E-state index is 0.729. The van der Waals surface area contributed by atoms with Crippen LogP contribution in [0.15, 0.2) is 12.4 Å². The SMILES string of the molecule is Cn1cc(CCNC2CCCC2C2CCCN2)cn1. The second-order valence-electron chi connectivity index (χ2n) is 6.13. The summed E-state index contributed by atoms with van der Waals surface area (Å²) in [4.78, 5) is 0. The highest BCUT2D eigenvalue weighted by atomic mass is 15.2. The van der Waals surface area contributed by atoms with Crippen molar-refractivity contribution < 1.29 is 0 Å². The molecule has 1 aromatic rings. The Labute approximate surface area is 116 Å². The maximum Gasteiger partial charge on any atom is 0.0522 e. The third kappa shape index (κ3) is 3.18. The van der Waals surface area contributed by atoms with Gasteiger partial charge in [-0.25, -0.2) is 0 Å². The van der Waals surface area contributed by atoms with Crippen LogP contribution in [0.3, 0.4) is 0 Å². The van der Waals surface area contributed by atoms with E-state index in [9.17, 15) is 0 Å². The van der Waals surface area contributed by atoms with Crippen molar-refractivity contribution in [3.63, 3.8) is 0 Å². The monoisotopic (exact) mass is 262 g/mol. The van der Waals surface area contributed by atoms with Gasteiger partial charge < -0.3 is 10.6 Å². The van der Waals surface area contributed by atoms with Gasteiger partial charge in [-0.1, -0.05) is 6.42 Å². The first kappa shape index (κ1) is 13.1. The Morgan fingerprint density at radius 3 is 3.05 bits per heavy atom. The van der Waals surface area contributed by atoms with Gasteiger partial charge in [0.2, 0.25) is 0 Å². The third-order valence-electron chi connectivity index (χ3n) is 4.76. The minimum absolute atomic E-state index is 0.729. The Morgan fingerprint density at radius 1 is 1.37 bits per heavy atom.